The molecule has 6 nitrogen and oxygen atoms in total. The van der Waals surface area contributed by atoms with Gasteiger partial charge in [-0.15, -0.1) is 11.6 Å². The van der Waals surface area contributed by atoms with Gasteiger partial charge in [0.1, 0.15) is 11.8 Å². The first-order chi connectivity index (χ1) is 8.52. The first kappa shape index (κ1) is 13.0. The molecule has 1 amide bonds. The number of benzene rings is 1. The van der Waals surface area contributed by atoms with Crippen molar-refractivity contribution in [1.29, 1.82) is 0 Å². The number of alkyl halides is 1. The summed E-state index contributed by atoms with van der Waals surface area (Å²) in [5.41, 5.74) is 0.931. The molecule has 0 atom stereocenters. The third-order valence-corrected chi connectivity index (χ3v) is 4.03. The highest BCUT2D eigenvalue weighted by atomic mass is 35.5. The number of cyclic esters (lactones) is 1. The summed E-state index contributed by atoms with van der Waals surface area (Å²) in [7, 11) is -3.55. The number of carbonyl (C=O) groups is 1. The summed E-state index contributed by atoms with van der Waals surface area (Å²) < 4.78 is 29.8. The molecule has 0 saturated carbocycles. The molecule has 0 aliphatic carbocycles. The number of anilines is 2. The van der Waals surface area contributed by atoms with E-state index in [2.05, 4.69) is 4.72 Å². The lowest BCUT2D eigenvalue weighted by molar-refractivity contribution is 0.181. The number of hydrogen-bond acceptors (Lipinski definition) is 4. The lowest BCUT2D eigenvalue weighted by Gasteiger charge is -2.14. The Labute approximate surface area is 110 Å². The molecule has 0 spiro atoms. The van der Waals surface area contributed by atoms with Gasteiger partial charge < -0.3 is 4.74 Å². The summed E-state index contributed by atoms with van der Waals surface area (Å²) in [5.74, 6) is 0. The lowest BCUT2D eigenvalue weighted by atomic mass is 10.2. The molecule has 1 aromatic carbocycles. The second-order valence-corrected chi connectivity index (χ2v) is 5.95. The van der Waals surface area contributed by atoms with E-state index in [1.54, 1.807) is 24.3 Å². The molecule has 1 N–H and O–H groups in total. The number of sulfonamides is 1. The number of nitrogens with zero attached hydrogens (tertiary/aromatic N) is 1. The number of halogens is 1. The summed E-state index contributed by atoms with van der Waals surface area (Å²) in [6, 6.07) is 6.48. The molecule has 2 rings (SSSR count). The van der Waals surface area contributed by atoms with Crippen LogP contribution in [0.25, 0.3) is 0 Å². The zero-order valence-electron chi connectivity index (χ0n) is 9.30. The van der Waals surface area contributed by atoms with Crippen molar-refractivity contribution in [3.05, 3.63) is 24.3 Å². The average molecular weight is 291 g/mol. The minimum absolute atomic E-state index is 0.330. The zero-order valence-corrected chi connectivity index (χ0v) is 10.9. The van der Waals surface area contributed by atoms with E-state index in [0.717, 1.165) is 0 Å². The van der Waals surface area contributed by atoms with Gasteiger partial charge in [0.15, 0.2) is 0 Å². The molecule has 0 aromatic heterocycles. The normalized spacial score (nSPS) is 15.6. The van der Waals surface area contributed by atoms with Gasteiger partial charge in [-0.05, 0) is 18.2 Å². The molecule has 0 unspecified atom stereocenters. The number of ether oxygens (including phenoxy) is 1. The van der Waals surface area contributed by atoms with E-state index in [1.807, 2.05) is 0 Å². The molecule has 1 aliphatic heterocycles. The summed E-state index contributed by atoms with van der Waals surface area (Å²) in [6.45, 7) is 0.779. The molecule has 8 heteroatoms. The van der Waals surface area contributed by atoms with Gasteiger partial charge in [-0.3, -0.25) is 9.62 Å². The van der Waals surface area contributed by atoms with E-state index in [0.29, 0.717) is 24.5 Å². The maximum absolute atomic E-state index is 11.4. The number of nitrogens with one attached hydrogen (secondary N) is 1. The van der Waals surface area contributed by atoms with E-state index >= 15 is 0 Å². The van der Waals surface area contributed by atoms with Crippen molar-refractivity contribution < 1.29 is 17.9 Å². The first-order valence-corrected chi connectivity index (χ1v) is 7.31. The highest BCUT2D eigenvalue weighted by Gasteiger charge is 2.23. The van der Waals surface area contributed by atoms with Crippen LogP contribution in [-0.4, -0.2) is 32.9 Å². The predicted octanol–water partition coefficient (Wildman–Crippen LogP) is 1.58. The fourth-order valence-corrected chi connectivity index (χ4v) is 2.28. The second-order valence-electron chi connectivity index (χ2n) is 3.64. The minimum Gasteiger partial charge on any atom is -0.447 e. The Kier molecular flexibility index (Phi) is 3.63. The summed E-state index contributed by atoms with van der Waals surface area (Å²) in [5, 5.41) is -0.525. The van der Waals surface area contributed by atoms with Crippen molar-refractivity contribution in [2.45, 2.75) is 0 Å². The Morgan fingerprint density at radius 2 is 2.22 bits per heavy atom. The quantitative estimate of drug-likeness (QED) is 0.854. The third kappa shape index (κ3) is 2.85. The Hall–Kier alpha value is -1.47. The van der Waals surface area contributed by atoms with Crippen molar-refractivity contribution in [2.24, 2.45) is 0 Å². The third-order valence-electron chi connectivity index (χ3n) is 2.34. The maximum Gasteiger partial charge on any atom is 0.414 e. The fourth-order valence-electron chi connectivity index (χ4n) is 1.57. The van der Waals surface area contributed by atoms with Crippen molar-refractivity contribution >= 4 is 39.1 Å². The van der Waals surface area contributed by atoms with Crippen molar-refractivity contribution in [1.82, 2.24) is 0 Å². The molecule has 1 fully saturated rings. The van der Waals surface area contributed by atoms with Gasteiger partial charge in [0.2, 0.25) is 10.0 Å². The van der Waals surface area contributed by atoms with Gasteiger partial charge in [-0.1, -0.05) is 6.07 Å². The van der Waals surface area contributed by atoms with Gasteiger partial charge >= 0.3 is 6.09 Å². The molecule has 1 aliphatic rings. The predicted molar refractivity (Wildman–Crippen MR) is 68.4 cm³/mol. The molecular weight excluding hydrogens is 280 g/mol. The molecule has 98 valence electrons. The summed E-state index contributed by atoms with van der Waals surface area (Å²) >= 11 is 5.30. The van der Waals surface area contributed by atoms with Crippen LogP contribution in [-0.2, 0) is 14.8 Å². The van der Waals surface area contributed by atoms with Crippen LogP contribution in [0.3, 0.4) is 0 Å². The van der Waals surface area contributed by atoms with Crippen LogP contribution in [0, 0.1) is 0 Å². The molecule has 1 heterocycles. The number of rotatable bonds is 4. The topological polar surface area (TPSA) is 75.7 Å². The zero-order chi connectivity index (χ0) is 13.2. The van der Waals surface area contributed by atoms with E-state index < -0.39 is 21.3 Å². The van der Waals surface area contributed by atoms with Crippen LogP contribution in [0.2, 0.25) is 0 Å². The minimum atomic E-state index is -3.55. The number of carbonyl (C=O) groups excluding carboxylic acids is 1. The van der Waals surface area contributed by atoms with Crippen molar-refractivity contribution in [3.8, 4) is 0 Å². The van der Waals surface area contributed by atoms with Crippen molar-refractivity contribution in [3.63, 3.8) is 0 Å². The van der Waals surface area contributed by atoms with Gasteiger partial charge in [0, 0.05) is 5.69 Å². The average Bonchev–Trinajstić information content (AvgIpc) is 2.75. The van der Waals surface area contributed by atoms with Crippen LogP contribution < -0.4 is 9.62 Å². The molecule has 1 saturated heterocycles. The number of amides is 1. The first-order valence-electron chi connectivity index (χ1n) is 5.13. The van der Waals surface area contributed by atoms with Crippen molar-refractivity contribution in [2.75, 3.05) is 28.0 Å². The summed E-state index contributed by atoms with van der Waals surface area (Å²) in [6.07, 6.45) is -0.438. The standard InChI is InChI=1S/C10H11ClN2O4S/c11-7-18(15,16)12-8-2-1-3-9(6-8)13-4-5-17-10(13)14/h1-3,6,12H,4-5,7H2. The smallest absolute Gasteiger partial charge is 0.414 e. The van der Waals surface area contributed by atoms with Crippen LogP contribution in [0.1, 0.15) is 0 Å². The second kappa shape index (κ2) is 5.03. The van der Waals surface area contributed by atoms with Crippen LogP contribution in [0.5, 0.6) is 0 Å². The van der Waals surface area contributed by atoms with E-state index in [1.165, 1.54) is 4.90 Å². The highest BCUT2D eigenvalue weighted by molar-refractivity contribution is 7.93. The van der Waals surface area contributed by atoms with E-state index in [-0.39, 0.29) is 0 Å². The van der Waals surface area contributed by atoms with E-state index in [9.17, 15) is 13.2 Å². The molecule has 1 aromatic rings. The maximum atomic E-state index is 11.4. The summed E-state index contributed by atoms with van der Waals surface area (Å²) in [4.78, 5) is 12.8. The number of hydrogen-bond donors (Lipinski definition) is 1. The van der Waals surface area contributed by atoms with Gasteiger partial charge in [-0.2, -0.15) is 0 Å². The Morgan fingerprint density at radius 3 is 2.83 bits per heavy atom. The highest BCUT2D eigenvalue weighted by Crippen LogP contribution is 2.23. The van der Waals surface area contributed by atoms with E-state index in [4.69, 9.17) is 16.3 Å². The Bertz CT molecular complexity index is 561. The van der Waals surface area contributed by atoms with Gasteiger partial charge in [0.25, 0.3) is 0 Å². The molecule has 18 heavy (non-hydrogen) atoms. The Balaban J connectivity index is 2.22. The largest absolute Gasteiger partial charge is 0.447 e. The molecular formula is C10H11ClN2O4S. The monoisotopic (exact) mass is 290 g/mol. The van der Waals surface area contributed by atoms with Gasteiger partial charge in [-0.25, -0.2) is 13.2 Å². The fraction of sp³-hybridized carbons (Fsp3) is 0.300. The molecule has 0 bridgehead atoms. The van der Waals surface area contributed by atoms with Crippen LogP contribution in [0.4, 0.5) is 16.2 Å². The van der Waals surface area contributed by atoms with Gasteiger partial charge in [0.05, 0.1) is 12.2 Å². The Morgan fingerprint density at radius 1 is 1.44 bits per heavy atom. The van der Waals surface area contributed by atoms with Crippen LogP contribution in [0.15, 0.2) is 24.3 Å². The lowest BCUT2D eigenvalue weighted by Crippen LogP contribution is -2.23. The SMILES string of the molecule is O=C1OCCN1c1cccc(NS(=O)(=O)CCl)c1. The molecule has 0 radical (unpaired) electrons. The van der Waals surface area contributed by atoms with Crippen LogP contribution >= 0.6 is 11.6 Å².